The minimum absolute atomic E-state index is 0.0927. The van der Waals surface area contributed by atoms with Crippen molar-refractivity contribution in [3.8, 4) is 0 Å². The Morgan fingerprint density at radius 1 is 1.50 bits per heavy atom. The number of carboxylic acid groups (broad SMARTS) is 1. The zero-order chi connectivity index (χ0) is 11.9. The highest BCUT2D eigenvalue weighted by molar-refractivity contribution is 6.05. The van der Waals surface area contributed by atoms with E-state index in [1.165, 1.54) is 7.05 Å². The number of imide groups is 1. The average Bonchev–Trinajstić information content (AvgIpc) is 2.44. The van der Waals surface area contributed by atoms with E-state index in [4.69, 9.17) is 5.11 Å². The van der Waals surface area contributed by atoms with Crippen LogP contribution in [0.4, 0.5) is 0 Å². The maximum absolute atomic E-state index is 11.8. The summed E-state index contributed by atoms with van der Waals surface area (Å²) in [5, 5.41) is 8.76. The van der Waals surface area contributed by atoms with E-state index in [0.29, 0.717) is 6.42 Å². The highest BCUT2D eigenvalue weighted by Crippen LogP contribution is 2.39. The molecule has 2 aliphatic rings. The van der Waals surface area contributed by atoms with E-state index in [1.807, 2.05) is 0 Å². The molecule has 0 aromatic rings. The summed E-state index contributed by atoms with van der Waals surface area (Å²) in [5.74, 6) is -2.55. The summed E-state index contributed by atoms with van der Waals surface area (Å²) >= 11 is 0. The second kappa shape index (κ2) is 3.73. The molecule has 1 fully saturated rings. The number of carboxylic acids is 1. The Hall–Kier alpha value is -1.65. The molecular formula is C11H13NO4. The third-order valence-corrected chi connectivity index (χ3v) is 3.34. The van der Waals surface area contributed by atoms with E-state index in [2.05, 4.69) is 0 Å². The minimum atomic E-state index is -0.940. The van der Waals surface area contributed by atoms with Gasteiger partial charge in [-0.25, -0.2) is 0 Å². The number of nitrogens with zero attached hydrogens (tertiary/aromatic N) is 1. The first kappa shape index (κ1) is 10.9. The lowest BCUT2D eigenvalue weighted by Gasteiger charge is -2.24. The molecule has 0 aromatic carbocycles. The minimum Gasteiger partial charge on any atom is -0.481 e. The van der Waals surface area contributed by atoms with Crippen molar-refractivity contribution in [3.05, 3.63) is 12.2 Å². The number of carbonyl (C=O) groups is 3. The van der Waals surface area contributed by atoms with Gasteiger partial charge in [-0.15, -0.1) is 0 Å². The van der Waals surface area contributed by atoms with Gasteiger partial charge >= 0.3 is 5.97 Å². The molecule has 5 heteroatoms. The molecule has 86 valence electrons. The second-order valence-corrected chi connectivity index (χ2v) is 4.29. The van der Waals surface area contributed by atoms with Gasteiger partial charge in [-0.1, -0.05) is 12.2 Å². The molecule has 1 aliphatic heterocycles. The molecule has 2 amide bonds. The fourth-order valence-corrected chi connectivity index (χ4v) is 2.55. The molecule has 0 aromatic heterocycles. The topological polar surface area (TPSA) is 74.7 Å². The van der Waals surface area contributed by atoms with Gasteiger partial charge in [-0.2, -0.15) is 0 Å². The summed E-state index contributed by atoms with van der Waals surface area (Å²) < 4.78 is 0. The Labute approximate surface area is 92.7 Å². The van der Waals surface area contributed by atoms with Crippen LogP contribution in [0, 0.1) is 17.8 Å². The number of amides is 2. The lowest BCUT2D eigenvalue weighted by atomic mass is 9.76. The zero-order valence-electron chi connectivity index (χ0n) is 8.92. The Bertz CT molecular complexity index is 387. The summed E-state index contributed by atoms with van der Waals surface area (Å²) in [6.45, 7) is 0. The fourth-order valence-electron chi connectivity index (χ4n) is 2.55. The Kier molecular flexibility index (Phi) is 2.53. The van der Waals surface area contributed by atoms with Gasteiger partial charge in [0.1, 0.15) is 0 Å². The van der Waals surface area contributed by atoms with Gasteiger partial charge in [-0.05, 0) is 12.3 Å². The number of fused-ring (bicyclic) bond motifs is 1. The van der Waals surface area contributed by atoms with Gasteiger partial charge in [-0.3, -0.25) is 19.3 Å². The van der Waals surface area contributed by atoms with Crippen LogP contribution >= 0.6 is 0 Å². The van der Waals surface area contributed by atoms with Crippen molar-refractivity contribution in [2.45, 2.75) is 12.8 Å². The van der Waals surface area contributed by atoms with E-state index in [0.717, 1.165) is 4.90 Å². The third-order valence-electron chi connectivity index (χ3n) is 3.34. The quantitative estimate of drug-likeness (QED) is 0.538. The lowest BCUT2D eigenvalue weighted by Crippen LogP contribution is -2.30. The SMILES string of the molecule is CN1C(=O)C2CC=CC(CC(=O)O)C2C1=O. The Morgan fingerprint density at radius 2 is 2.19 bits per heavy atom. The normalized spacial score (nSPS) is 33.1. The lowest BCUT2D eigenvalue weighted by molar-refractivity contribution is -0.139. The predicted molar refractivity (Wildman–Crippen MR) is 54.3 cm³/mol. The molecule has 16 heavy (non-hydrogen) atoms. The monoisotopic (exact) mass is 223 g/mol. The van der Waals surface area contributed by atoms with E-state index >= 15 is 0 Å². The van der Waals surface area contributed by atoms with E-state index in [1.54, 1.807) is 12.2 Å². The van der Waals surface area contributed by atoms with Crippen LogP contribution in [0.25, 0.3) is 0 Å². The van der Waals surface area contributed by atoms with Crippen molar-refractivity contribution in [2.24, 2.45) is 17.8 Å². The van der Waals surface area contributed by atoms with Crippen LogP contribution in [0.5, 0.6) is 0 Å². The van der Waals surface area contributed by atoms with Crippen LogP contribution in [-0.4, -0.2) is 34.8 Å². The van der Waals surface area contributed by atoms with Gasteiger partial charge in [0.25, 0.3) is 0 Å². The van der Waals surface area contributed by atoms with Gasteiger partial charge < -0.3 is 5.11 Å². The number of hydrogen-bond donors (Lipinski definition) is 1. The highest BCUT2D eigenvalue weighted by Gasteiger charge is 2.49. The van der Waals surface area contributed by atoms with Gasteiger partial charge in [0.2, 0.25) is 11.8 Å². The van der Waals surface area contributed by atoms with Crippen LogP contribution < -0.4 is 0 Å². The molecule has 1 saturated heterocycles. The first-order chi connectivity index (χ1) is 7.52. The molecule has 1 heterocycles. The first-order valence-corrected chi connectivity index (χ1v) is 5.22. The molecule has 0 bridgehead atoms. The van der Waals surface area contributed by atoms with Crippen molar-refractivity contribution in [1.29, 1.82) is 0 Å². The maximum atomic E-state index is 11.8. The fraction of sp³-hybridized carbons (Fsp3) is 0.545. The third kappa shape index (κ3) is 1.52. The van der Waals surface area contributed by atoms with Crippen LogP contribution in [0.3, 0.4) is 0 Å². The standard InChI is InChI=1S/C11H13NO4/c1-12-10(15)7-4-2-3-6(5-8(13)14)9(7)11(12)16/h2-3,6-7,9H,4-5H2,1H3,(H,13,14). The Balaban J connectivity index is 2.27. The number of rotatable bonds is 2. The number of likely N-dealkylation sites (tertiary alicyclic amines) is 1. The van der Waals surface area contributed by atoms with Crippen molar-refractivity contribution in [3.63, 3.8) is 0 Å². The molecule has 1 N–H and O–H groups in total. The summed E-state index contributed by atoms with van der Waals surface area (Å²) in [5.41, 5.74) is 0. The first-order valence-electron chi connectivity index (χ1n) is 5.22. The van der Waals surface area contributed by atoms with Crippen molar-refractivity contribution in [2.75, 3.05) is 7.05 Å². The van der Waals surface area contributed by atoms with Crippen LogP contribution in [0.15, 0.2) is 12.2 Å². The zero-order valence-corrected chi connectivity index (χ0v) is 8.92. The van der Waals surface area contributed by atoms with E-state index in [9.17, 15) is 14.4 Å². The maximum Gasteiger partial charge on any atom is 0.303 e. The summed E-state index contributed by atoms with van der Waals surface area (Å²) in [6, 6.07) is 0. The number of allylic oxidation sites excluding steroid dienone is 2. The Morgan fingerprint density at radius 3 is 2.81 bits per heavy atom. The smallest absolute Gasteiger partial charge is 0.303 e. The van der Waals surface area contributed by atoms with Crippen LogP contribution in [0.1, 0.15) is 12.8 Å². The number of carbonyl (C=O) groups excluding carboxylic acids is 2. The van der Waals surface area contributed by atoms with E-state index < -0.39 is 11.9 Å². The van der Waals surface area contributed by atoms with Gasteiger partial charge in [0.05, 0.1) is 18.3 Å². The van der Waals surface area contributed by atoms with Gasteiger partial charge in [0, 0.05) is 7.05 Å². The molecule has 2 rings (SSSR count). The van der Waals surface area contributed by atoms with Crippen LogP contribution in [-0.2, 0) is 14.4 Å². The molecule has 5 nitrogen and oxygen atoms in total. The molecule has 3 atom stereocenters. The van der Waals surface area contributed by atoms with Crippen molar-refractivity contribution < 1.29 is 19.5 Å². The van der Waals surface area contributed by atoms with Crippen molar-refractivity contribution >= 4 is 17.8 Å². The average molecular weight is 223 g/mol. The largest absolute Gasteiger partial charge is 0.481 e. The summed E-state index contributed by atoms with van der Waals surface area (Å²) in [6.07, 6.45) is 4.00. The predicted octanol–water partition coefficient (Wildman–Crippen LogP) is 0.268. The number of hydrogen-bond acceptors (Lipinski definition) is 3. The summed E-state index contributed by atoms with van der Waals surface area (Å²) in [7, 11) is 1.46. The second-order valence-electron chi connectivity index (χ2n) is 4.29. The highest BCUT2D eigenvalue weighted by atomic mass is 16.4. The van der Waals surface area contributed by atoms with Gasteiger partial charge in [0.15, 0.2) is 0 Å². The van der Waals surface area contributed by atoms with Crippen molar-refractivity contribution in [1.82, 2.24) is 4.90 Å². The molecular weight excluding hydrogens is 210 g/mol. The molecule has 0 radical (unpaired) electrons. The molecule has 0 spiro atoms. The molecule has 1 aliphatic carbocycles. The summed E-state index contributed by atoms with van der Waals surface area (Å²) in [4.78, 5) is 35.3. The van der Waals surface area contributed by atoms with Crippen LogP contribution in [0.2, 0.25) is 0 Å². The molecule has 0 saturated carbocycles. The number of aliphatic carboxylic acids is 1. The molecule has 3 unspecified atom stereocenters. The van der Waals surface area contributed by atoms with E-state index in [-0.39, 0.29) is 30.1 Å².